The van der Waals surface area contributed by atoms with E-state index in [2.05, 4.69) is 57.9 Å². The smallest absolute Gasteiger partial charge is 0.181 e. The van der Waals surface area contributed by atoms with Crippen LogP contribution >= 0.6 is 21.6 Å². The second-order valence-corrected chi connectivity index (χ2v) is 12.3. The first-order chi connectivity index (χ1) is 20.1. The predicted octanol–water partition coefficient (Wildman–Crippen LogP) is 7.02. The summed E-state index contributed by atoms with van der Waals surface area (Å²) < 4.78 is 15.5. The van der Waals surface area contributed by atoms with Crippen LogP contribution in [0.3, 0.4) is 0 Å². The summed E-state index contributed by atoms with van der Waals surface area (Å²) in [4.78, 5) is 0. The van der Waals surface area contributed by atoms with Crippen LogP contribution in [0.2, 0.25) is 0 Å². The van der Waals surface area contributed by atoms with E-state index in [1.165, 1.54) is 5.69 Å². The van der Waals surface area contributed by atoms with Gasteiger partial charge in [-0.3, -0.25) is 0 Å². The number of hydrogen-bond acceptors (Lipinski definition) is 6. The molecule has 0 aliphatic carbocycles. The van der Waals surface area contributed by atoms with Gasteiger partial charge in [0.2, 0.25) is 0 Å². The summed E-state index contributed by atoms with van der Waals surface area (Å²) in [5, 5.41) is 19.4. The Hall–Kier alpha value is -3.49. The number of aromatic nitrogens is 2. The highest BCUT2D eigenvalue weighted by Gasteiger charge is 2.12. The van der Waals surface area contributed by atoms with Crippen molar-refractivity contribution < 1.29 is 24.3 Å². The first-order valence-corrected chi connectivity index (χ1v) is 16.3. The average molecular weight is 592 g/mol. The second kappa shape index (κ2) is 16.1. The molecule has 2 N–H and O–H groups in total. The van der Waals surface area contributed by atoms with Crippen LogP contribution in [-0.4, -0.2) is 40.5 Å². The monoisotopic (exact) mass is 591 g/mol. The van der Waals surface area contributed by atoms with Crippen molar-refractivity contribution in [2.24, 2.45) is 0 Å². The van der Waals surface area contributed by atoms with Gasteiger partial charge in [-0.15, -0.1) is 0 Å². The zero-order valence-electron chi connectivity index (χ0n) is 23.7. The summed E-state index contributed by atoms with van der Waals surface area (Å²) in [6.45, 7) is 1.98. The Morgan fingerprint density at radius 2 is 1.56 bits per heavy atom. The first-order valence-electron chi connectivity index (χ1n) is 13.8. The van der Waals surface area contributed by atoms with Crippen molar-refractivity contribution in [2.45, 2.75) is 38.8 Å². The molecule has 216 valence electrons. The minimum Gasteiger partial charge on any atom is -0.508 e. The normalized spacial score (nSPS) is 11.3. The van der Waals surface area contributed by atoms with Gasteiger partial charge in [-0.2, -0.15) is 0 Å². The van der Waals surface area contributed by atoms with Gasteiger partial charge in [-0.05, 0) is 60.9 Å². The Balaban J connectivity index is 1.15. The van der Waals surface area contributed by atoms with E-state index in [1.807, 2.05) is 39.8 Å². The van der Waals surface area contributed by atoms with Crippen molar-refractivity contribution in [3.05, 3.63) is 102 Å². The molecule has 0 unspecified atom stereocenters. The fourth-order valence-corrected chi connectivity index (χ4v) is 6.80. The molecule has 2 aromatic heterocycles. The highest BCUT2D eigenvalue weighted by molar-refractivity contribution is 8.76. The van der Waals surface area contributed by atoms with Crippen molar-refractivity contribution in [3.63, 3.8) is 0 Å². The lowest BCUT2D eigenvalue weighted by Gasteiger charge is -2.09. The fourth-order valence-electron chi connectivity index (χ4n) is 4.66. The molecule has 0 aliphatic rings. The van der Waals surface area contributed by atoms with E-state index in [0.29, 0.717) is 5.75 Å². The van der Waals surface area contributed by atoms with E-state index in [0.717, 1.165) is 72.8 Å². The van der Waals surface area contributed by atoms with E-state index in [1.54, 1.807) is 38.5 Å². The molecule has 0 aliphatic heterocycles. The Morgan fingerprint density at radius 3 is 2.37 bits per heavy atom. The summed E-state index contributed by atoms with van der Waals surface area (Å²) in [6, 6.07) is 21.1. The van der Waals surface area contributed by atoms with E-state index in [-0.39, 0.29) is 11.5 Å². The van der Waals surface area contributed by atoms with Crippen LogP contribution in [0.4, 0.5) is 0 Å². The van der Waals surface area contributed by atoms with Gasteiger partial charge in [-0.1, -0.05) is 33.7 Å². The maximum atomic E-state index is 9.72. The number of phenols is 2. The molecule has 0 atom stereocenters. The molecule has 0 radical (unpaired) electrons. The van der Waals surface area contributed by atoms with Gasteiger partial charge in [-0.25, -0.2) is 4.57 Å². The Bertz CT molecular complexity index is 1420. The fraction of sp³-hybridized carbons (Fsp3) is 0.303. The summed E-state index contributed by atoms with van der Waals surface area (Å²) in [7, 11) is 7.16. The van der Waals surface area contributed by atoms with Gasteiger partial charge in [0, 0.05) is 72.6 Å². The minimum absolute atomic E-state index is 0.199. The number of aryl methyl sites for hydroxylation is 4. The highest BCUT2D eigenvalue weighted by Crippen LogP contribution is 2.27. The summed E-state index contributed by atoms with van der Waals surface area (Å²) in [6.07, 6.45) is 12.4. The molecule has 0 bridgehead atoms. The van der Waals surface area contributed by atoms with Gasteiger partial charge < -0.3 is 24.3 Å². The Labute approximate surface area is 251 Å². The standard InChI is InChI=1S/C33H38N2O4S2/c1-38-32-24-30(36)16-12-26(32)10-14-28-8-3-4-18-34(28)20-6-22-40-41-23-7-21-35-19-5-9-29(35)15-11-27-13-17-31(37)25-33(27)39-2/h3-5,8-9,11-13,15-19,24-25H,6-7,10,14,20-23H2,1-2H3,(H-,36,37)/p+1/b15-11+. The highest BCUT2D eigenvalue weighted by atomic mass is 33.1. The van der Waals surface area contributed by atoms with Crippen molar-refractivity contribution in [3.8, 4) is 23.0 Å². The largest absolute Gasteiger partial charge is 0.508 e. The zero-order valence-corrected chi connectivity index (χ0v) is 25.4. The molecular formula is C33H39N2O4S2+. The maximum Gasteiger partial charge on any atom is 0.181 e. The van der Waals surface area contributed by atoms with Crippen molar-refractivity contribution in [1.82, 2.24) is 4.57 Å². The molecule has 2 aromatic carbocycles. The van der Waals surface area contributed by atoms with E-state index in [4.69, 9.17) is 9.47 Å². The number of benzene rings is 2. The second-order valence-electron chi connectivity index (χ2n) is 9.62. The third kappa shape index (κ3) is 9.26. The first kappa shape index (κ1) is 30.5. The Kier molecular flexibility index (Phi) is 11.9. The van der Waals surface area contributed by atoms with Crippen LogP contribution in [0.1, 0.15) is 35.4 Å². The number of pyridine rings is 1. The number of hydrogen-bond donors (Lipinski definition) is 2. The van der Waals surface area contributed by atoms with Gasteiger partial charge in [0.15, 0.2) is 11.9 Å². The quantitative estimate of drug-likeness (QED) is 0.0829. The van der Waals surface area contributed by atoms with Crippen LogP contribution in [0.25, 0.3) is 12.2 Å². The predicted molar refractivity (Wildman–Crippen MR) is 171 cm³/mol. The molecule has 0 saturated carbocycles. The lowest BCUT2D eigenvalue weighted by atomic mass is 10.1. The third-order valence-corrected chi connectivity index (χ3v) is 9.39. The number of ether oxygens (including phenoxy) is 2. The van der Waals surface area contributed by atoms with Crippen LogP contribution in [-0.2, 0) is 25.9 Å². The maximum absolute atomic E-state index is 9.72. The minimum atomic E-state index is 0.199. The molecule has 41 heavy (non-hydrogen) atoms. The molecule has 2 heterocycles. The molecule has 0 fully saturated rings. The molecule has 4 rings (SSSR count). The summed E-state index contributed by atoms with van der Waals surface area (Å²) in [5.74, 6) is 4.04. The summed E-state index contributed by atoms with van der Waals surface area (Å²) in [5.41, 5.74) is 4.50. The topological polar surface area (TPSA) is 67.7 Å². The van der Waals surface area contributed by atoms with Crippen LogP contribution in [0.15, 0.2) is 79.1 Å². The molecule has 0 saturated heterocycles. The number of phenolic OH excluding ortho intramolecular Hbond substituents is 2. The van der Waals surface area contributed by atoms with Crippen LogP contribution in [0.5, 0.6) is 23.0 Å². The third-order valence-electron chi connectivity index (χ3n) is 6.81. The molecular weight excluding hydrogens is 553 g/mol. The molecule has 0 spiro atoms. The van der Waals surface area contributed by atoms with Gasteiger partial charge >= 0.3 is 0 Å². The van der Waals surface area contributed by atoms with Crippen LogP contribution < -0.4 is 14.0 Å². The summed E-state index contributed by atoms with van der Waals surface area (Å²) >= 11 is 0. The van der Waals surface area contributed by atoms with Crippen molar-refractivity contribution in [2.75, 3.05) is 25.7 Å². The lowest BCUT2D eigenvalue weighted by molar-refractivity contribution is -0.704. The molecule has 4 aromatic rings. The number of rotatable bonds is 16. The average Bonchev–Trinajstić information content (AvgIpc) is 3.44. The van der Waals surface area contributed by atoms with E-state index >= 15 is 0 Å². The van der Waals surface area contributed by atoms with Gasteiger partial charge in [0.25, 0.3) is 0 Å². The molecule has 6 nitrogen and oxygen atoms in total. The number of methoxy groups -OCH3 is 2. The van der Waals surface area contributed by atoms with E-state index < -0.39 is 0 Å². The zero-order chi connectivity index (χ0) is 28.9. The van der Waals surface area contributed by atoms with Gasteiger partial charge in [0.05, 0.1) is 14.2 Å². The van der Waals surface area contributed by atoms with Crippen molar-refractivity contribution >= 4 is 33.7 Å². The lowest BCUT2D eigenvalue weighted by Crippen LogP contribution is -2.38. The SMILES string of the molecule is COc1cc(O)ccc1/C=C/c1cccn1CCCSSCCC[n+]1ccccc1CCc1ccc(O)cc1OC. The van der Waals surface area contributed by atoms with Crippen LogP contribution in [0, 0.1) is 0 Å². The molecule has 0 amide bonds. The van der Waals surface area contributed by atoms with E-state index in [9.17, 15) is 10.2 Å². The van der Waals surface area contributed by atoms with Crippen molar-refractivity contribution in [1.29, 1.82) is 0 Å². The number of nitrogens with zero attached hydrogens (tertiary/aromatic N) is 2. The Morgan fingerprint density at radius 1 is 0.805 bits per heavy atom. The number of aromatic hydroxyl groups is 2. The van der Waals surface area contributed by atoms with Gasteiger partial charge in [0.1, 0.15) is 29.5 Å². The molecule has 8 heteroatoms.